The summed E-state index contributed by atoms with van der Waals surface area (Å²) in [7, 11) is 0. The van der Waals surface area contributed by atoms with Crippen molar-refractivity contribution in [2.24, 2.45) is 0 Å². The predicted octanol–water partition coefficient (Wildman–Crippen LogP) is 4.16. The molecule has 2 aromatic carbocycles. The van der Waals surface area contributed by atoms with Crippen LogP contribution in [-0.2, 0) is 6.42 Å². The molecular weight excluding hydrogens is 224 g/mol. The molecule has 0 nitrogen and oxygen atoms in total. The van der Waals surface area contributed by atoms with Crippen molar-refractivity contribution in [1.29, 1.82) is 0 Å². The Morgan fingerprint density at radius 1 is 1.08 bits per heavy atom. The Labute approximate surface area is 86.7 Å². The first-order valence-electron chi connectivity index (χ1n) is 4.49. The molecule has 0 atom stereocenters. The first-order valence-corrected chi connectivity index (χ1v) is 5.28. The van der Waals surface area contributed by atoms with Crippen molar-refractivity contribution < 1.29 is 0 Å². The minimum Gasteiger partial charge on any atom is -0.0614 e. The molecule has 0 saturated carbocycles. The number of halogens is 1. The number of hydrogen-bond acceptors (Lipinski definition) is 0. The van der Waals surface area contributed by atoms with E-state index < -0.39 is 0 Å². The summed E-state index contributed by atoms with van der Waals surface area (Å²) in [6.45, 7) is 2.19. The van der Waals surface area contributed by atoms with Gasteiger partial charge in [0.2, 0.25) is 0 Å². The molecule has 13 heavy (non-hydrogen) atoms. The highest BCUT2D eigenvalue weighted by atomic mass is 79.9. The fourth-order valence-corrected chi connectivity index (χ4v) is 2.30. The lowest BCUT2D eigenvalue weighted by Gasteiger charge is -2.05. The molecule has 0 amide bonds. The van der Waals surface area contributed by atoms with Gasteiger partial charge in [-0.15, -0.1) is 0 Å². The van der Waals surface area contributed by atoms with Gasteiger partial charge in [-0.3, -0.25) is 0 Å². The minimum atomic E-state index is 1.08. The first-order chi connectivity index (χ1) is 6.33. The van der Waals surface area contributed by atoms with Crippen LogP contribution in [0.5, 0.6) is 0 Å². The lowest BCUT2D eigenvalue weighted by molar-refractivity contribution is 1.16. The third-order valence-corrected chi connectivity index (χ3v) is 2.98. The number of fused-ring (bicyclic) bond motifs is 1. The van der Waals surface area contributed by atoms with Crippen LogP contribution in [0.2, 0.25) is 0 Å². The van der Waals surface area contributed by atoms with Gasteiger partial charge in [-0.2, -0.15) is 0 Å². The quantitative estimate of drug-likeness (QED) is 0.696. The second-order valence-electron chi connectivity index (χ2n) is 3.11. The molecule has 0 N–H and O–H groups in total. The Morgan fingerprint density at radius 2 is 1.77 bits per heavy atom. The predicted molar refractivity (Wildman–Crippen MR) is 61.0 cm³/mol. The van der Waals surface area contributed by atoms with E-state index in [-0.39, 0.29) is 0 Å². The molecule has 0 fully saturated rings. The van der Waals surface area contributed by atoms with Crippen LogP contribution in [0.3, 0.4) is 0 Å². The smallest absolute Gasteiger partial charge is 0.0256 e. The molecule has 1 heteroatoms. The van der Waals surface area contributed by atoms with Gasteiger partial charge in [-0.25, -0.2) is 0 Å². The lowest BCUT2D eigenvalue weighted by Crippen LogP contribution is -1.83. The van der Waals surface area contributed by atoms with E-state index >= 15 is 0 Å². The fourth-order valence-electron chi connectivity index (χ4n) is 1.66. The van der Waals surface area contributed by atoms with Crippen molar-refractivity contribution in [1.82, 2.24) is 0 Å². The third kappa shape index (κ3) is 1.49. The van der Waals surface area contributed by atoms with Crippen LogP contribution in [0.15, 0.2) is 40.9 Å². The van der Waals surface area contributed by atoms with Crippen molar-refractivity contribution in [3.8, 4) is 0 Å². The maximum absolute atomic E-state index is 3.59. The second-order valence-corrected chi connectivity index (χ2v) is 3.96. The van der Waals surface area contributed by atoms with Crippen molar-refractivity contribution in [2.75, 3.05) is 0 Å². The van der Waals surface area contributed by atoms with Gasteiger partial charge in [0.1, 0.15) is 0 Å². The average Bonchev–Trinajstić information content (AvgIpc) is 2.17. The monoisotopic (exact) mass is 234 g/mol. The van der Waals surface area contributed by atoms with E-state index in [1.807, 2.05) is 0 Å². The second kappa shape index (κ2) is 3.51. The minimum absolute atomic E-state index is 1.08. The number of hydrogen-bond donors (Lipinski definition) is 0. The maximum atomic E-state index is 3.59. The molecule has 66 valence electrons. The molecule has 2 aromatic rings. The molecule has 0 heterocycles. The molecule has 0 aliphatic heterocycles. The lowest BCUT2D eigenvalue weighted by atomic mass is 10.0. The van der Waals surface area contributed by atoms with Crippen molar-refractivity contribution >= 4 is 26.7 Å². The van der Waals surface area contributed by atoms with Gasteiger partial charge in [-0.05, 0) is 28.8 Å². The Kier molecular flexibility index (Phi) is 2.36. The summed E-state index contributed by atoms with van der Waals surface area (Å²) >= 11 is 3.59. The summed E-state index contributed by atoms with van der Waals surface area (Å²) < 4.78 is 1.20. The van der Waals surface area contributed by atoms with Gasteiger partial charge in [-0.1, -0.05) is 53.2 Å². The van der Waals surface area contributed by atoms with E-state index in [4.69, 9.17) is 0 Å². The van der Waals surface area contributed by atoms with Crippen molar-refractivity contribution in [3.05, 3.63) is 46.4 Å². The summed E-state index contributed by atoms with van der Waals surface area (Å²) in [5.41, 5.74) is 1.41. The zero-order valence-electron chi connectivity index (χ0n) is 7.55. The highest BCUT2D eigenvalue weighted by Gasteiger charge is 2.01. The number of benzene rings is 2. The molecule has 0 spiro atoms. The maximum Gasteiger partial charge on any atom is 0.0256 e. The zero-order valence-corrected chi connectivity index (χ0v) is 9.14. The molecule has 0 aliphatic rings. The van der Waals surface area contributed by atoms with E-state index in [1.54, 1.807) is 0 Å². The molecule has 0 aliphatic carbocycles. The van der Waals surface area contributed by atoms with E-state index in [2.05, 4.69) is 59.3 Å². The first kappa shape index (κ1) is 8.76. The Bertz CT molecular complexity index is 427. The highest BCUT2D eigenvalue weighted by Crippen LogP contribution is 2.27. The molecule has 2 rings (SSSR count). The van der Waals surface area contributed by atoms with Crippen LogP contribution in [0.25, 0.3) is 10.8 Å². The van der Waals surface area contributed by atoms with E-state index in [1.165, 1.54) is 20.8 Å². The van der Waals surface area contributed by atoms with Crippen LogP contribution in [0, 0.1) is 0 Å². The Hall–Kier alpha value is -0.820. The molecule has 0 saturated heterocycles. The Morgan fingerprint density at radius 3 is 2.46 bits per heavy atom. The summed E-state index contributed by atoms with van der Waals surface area (Å²) in [5, 5.41) is 2.67. The van der Waals surface area contributed by atoms with Crippen LogP contribution in [0.1, 0.15) is 12.5 Å². The topological polar surface area (TPSA) is 0 Å². The van der Waals surface area contributed by atoms with Crippen LogP contribution >= 0.6 is 15.9 Å². The van der Waals surface area contributed by atoms with Crippen molar-refractivity contribution in [3.63, 3.8) is 0 Å². The summed E-state index contributed by atoms with van der Waals surface area (Å²) in [4.78, 5) is 0. The summed E-state index contributed by atoms with van der Waals surface area (Å²) in [6.07, 6.45) is 1.08. The average molecular weight is 235 g/mol. The van der Waals surface area contributed by atoms with Crippen molar-refractivity contribution in [2.45, 2.75) is 13.3 Å². The standard InChI is InChI=1S/C12H11Br/c1-2-9-5-3-6-10-7-4-8-11(13)12(9)10/h3-8H,2H2,1H3. The van der Waals surface area contributed by atoms with Crippen LogP contribution < -0.4 is 0 Å². The fraction of sp³-hybridized carbons (Fsp3) is 0.167. The SMILES string of the molecule is CCc1cccc2cccc(Br)c12. The molecule has 0 unspecified atom stereocenters. The zero-order chi connectivity index (χ0) is 9.26. The number of rotatable bonds is 1. The van der Waals surface area contributed by atoms with Crippen LogP contribution in [0.4, 0.5) is 0 Å². The number of aryl methyl sites for hydroxylation is 1. The summed E-state index contributed by atoms with van der Waals surface area (Å²) in [5.74, 6) is 0. The normalized spacial score (nSPS) is 10.6. The molecular formula is C12H11Br. The van der Waals surface area contributed by atoms with Gasteiger partial charge in [0.25, 0.3) is 0 Å². The molecule has 0 bridgehead atoms. The third-order valence-electron chi connectivity index (χ3n) is 2.32. The van der Waals surface area contributed by atoms with Crippen LogP contribution in [-0.4, -0.2) is 0 Å². The van der Waals surface area contributed by atoms with Gasteiger partial charge in [0.05, 0.1) is 0 Å². The largest absolute Gasteiger partial charge is 0.0614 e. The molecule has 0 aromatic heterocycles. The van der Waals surface area contributed by atoms with Gasteiger partial charge >= 0.3 is 0 Å². The van der Waals surface area contributed by atoms with E-state index in [9.17, 15) is 0 Å². The Balaban J connectivity index is 2.87. The molecule has 0 radical (unpaired) electrons. The van der Waals surface area contributed by atoms with E-state index in [0.29, 0.717) is 0 Å². The van der Waals surface area contributed by atoms with Gasteiger partial charge in [0.15, 0.2) is 0 Å². The summed E-state index contributed by atoms with van der Waals surface area (Å²) in [6, 6.07) is 12.8. The van der Waals surface area contributed by atoms with Gasteiger partial charge < -0.3 is 0 Å². The highest BCUT2D eigenvalue weighted by molar-refractivity contribution is 9.10. The van der Waals surface area contributed by atoms with E-state index in [0.717, 1.165) is 6.42 Å². The van der Waals surface area contributed by atoms with Gasteiger partial charge in [0, 0.05) is 4.47 Å².